The number of phenols is 1. The van der Waals surface area contributed by atoms with Crippen molar-refractivity contribution < 1.29 is 9.66 Å². The third kappa shape index (κ3) is 2.56. The molecule has 0 aromatic heterocycles. The lowest BCUT2D eigenvalue weighted by Crippen LogP contribution is -2.27. The van der Waals surface area contributed by atoms with E-state index in [0.29, 0.717) is 4.90 Å². The Hall–Kier alpha value is -0.380. The van der Waals surface area contributed by atoms with Crippen molar-refractivity contribution >= 4 is 22.8 Å². The Bertz CT molecular complexity index is 333. The van der Waals surface area contributed by atoms with Crippen molar-refractivity contribution in [2.45, 2.75) is 30.4 Å². The van der Waals surface area contributed by atoms with E-state index in [4.69, 9.17) is 11.6 Å². The first kappa shape index (κ1) is 11.7. The lowest BCUT2D eigenvalue weighted by molar-refractivity contribution is 0.475. The van der Waals surface area contributed by atoms with Gasteiger partial charge in [0, 0.05) is 6.07 Å². The first-order valence-electron chi connectivity index (χ1n) is 4.23. The van der Waals surface area contributed by atoms with E-state index in [1.54, 1.807) is 6.07 Å². The minimum absolute atomic E-state index is 0.0151. The van der Waals surface area contributed by atoms with Crippen LogP contribution in [0.4, 0.5) is 0 Å². The van der Waals surface area contributed by atoms with Crippen LogP contribution >= 0.6 is 11.6 Å². The summed E-state index contributed by atoms with van der Waals surface area (Å²) in [6.45, 7) is 5.68. The molecular formula is C10H13ClO2S. The summed E-state index contributed by atoms with van der Waals surface area (Å²) in [5.41, 5.74) is 0. The van der Waals surface area contributed by atoms with Crippen LogP contribution in [0.2, 0.25) is 5.02 Å². The number of halogens is 1. The molecule has 1 aromatic carbocycles. The predicted molar refractivity (Wildman–Crippen MR) is 59.3 cm³/mol. The van der Waals surface area contributed by atoms with Gasteiger partial charge in [-0.05, 0) is 44.1 Å². The van der Waals surface area contributed by atoms with E-state index in [9.17, 15) is 9.66 Å². The second kappa shape index (κ2) is 4.01. The van der Waals surface area contributed by atoms with Gasteiger partial charge in [0.2, 0.25) is 0 Å². The molecular weight excluding hydrogens is 220 g/mol. The second-order valence-electron chi connectivity index (χ2n) is 3.99. The fourth-order valence-electron chi connectivity index (χ4n) is 0.957. The lowest BCUT2D eigenvalue weighted by Gasteiger charge is -2.23. The number of hydrogen-bond donors (Lipinski definition) is 1. The first-order chi connectivity index (χ1) is 6.32. The van der Waals surface area contributed by atoms with Crippen LogP contribution in [0, 0.1) is 0 Å². The van der Waals surface area contributed by atoms with Crippen LogP contribution < -0.4 is 0 Å². The Morgan fingerprint density at radius 1 is 1.36 bits per heavy atom. The zero-order valence-electron chi connectivity index (χ0n) is 8.37. The highest BCUT2D eigenvalue weighted by Crippen LogP contribution is 2.30. The van der Waals surface area contributed by atoms with Gasteiger partial charge in [-0.3, -0.25) is 0 Å². The van der Waals surface area contributed by atoms with Crippen LogP contribution in [-0.4, -0.2) is 14.4 Å². The minimum atomic E-state index is -1.11. The molecule has 0 aliphatic rings. The van der Waals surface area contributed by atoms with Gasteiger partial charge >= 0.3 is 0 Å². The van der Waals surface area contributed by atoms with Crippen LogP contribution in [0.15, 0.2) is 23.1 Å². The van der Waals surface area contributed by atoms with Crippen molar-refractivity contribution in [2.24, 2.45) is 0 Å². The molecule has 2 nitrogen and oxygen atoms in total. The number of aromatic hydroxyl groups is 1. The molecule has 0 saturated heterocycles. The van der Waals surface area contributed by atoms with Crippen molar-refractivity contribution in [1.82, 2.24) is 0 Å². The maximum atomic E-state index is 11.9. The van der Waals surface area contributed by atoms with Gasteiger partial charge in [-0.25, -0.2) is 0 Å². The molecule has 1 atom stereocenters. The maximum Gasteiger partial charge on any atom is 0.154 e. The molecule has 0 amide bonds. The van der Waals surface area contributed by atoms with Crippen molar-refractivity contribution in [3.05, 3.63) is 23.2 Å². The van der Waals surface area contributed by atoms with Crippen molar-refractivity contribution in [2.75, 3.05) is 0 Å². The van der Waals surface area contributed by atoms with Gasteiger partial charge in [-0.1, -0.05) is 11.6 Å². The third-order valence-corrected chi connectivity index (χ3v) is 3.79. The van der Waals surface area contributed by atoms with E-state index >= 15 is 0 Å². The zero-order valence-corrected chi connectivity index (χ0v) is 9.95. The van der Waals surface area contributed by atoms with Crippen LogP contribution in [-0.2, 0) is 11.2 Å². The second-order valence-corrected chi connectivity index (χ2v) is 6.64. The summed E-state index contributed by atoms with van der Waals surface area (Å²) < 4.78 is 11.6. The largest absolute Gasteiger partial charge is 0.611 e. The Morgan fingerprint density at radius 3 is 2.36 bits per heavy atom. The standard InChI is InChI=1S/C10H13ClO2S/c1-10(2,3)14(13)7-4-5-9(12)8(11)6-7/h4-6,12H,1-3H3. The van der Waals surface area contributed by atoms with Crippen LogP contribution in [0.1, 0.15) is 20.8 Å². The van der Waals surface area contributed by atoms with E-state index in [2.05, 4.69) is 0 Å². The molecule has 1 aromatic rings. The van der Waals surface area contributed by atoms with Gasteiger partial charge < -0.3 is 9.66 Å². The molecule has 0 heterocycles. The summed E-state index contributed by atoms with van der Waals surface area (Å²) in [4.78, 5) is 0.639. The summed E-state index contributed by atoms with van der Waals surface area (Å²) in [6, 6.07) is 4.63. The molecule has 14 heavy (non-hydrogen) atoms. The topological polar surface area (TPSA) is 43.3 Å². The molecule has 4 heteroatoms. The first-order valence-corrected chi connectivity index (χ1v) is 5.75. The van der Waals surface area contributed by atoms with E-state index in [1.165, 1.54) is 12.1 Å². The number of hydrogen-bond acceptors (Lipinski definition) is 2. The van der Waals surface area contributed by atoms with E-state index < -0.39 is 11.2 Å². The van der Waals surface area contributed by atoms with Crippen molar-refractivity contribution in [3.63, 3.8) is 0 Å². The maximum absolute atomic E-state index is 11.9. The Labute approximate surface area is 92.1 Å². The summed E-state index contributed by atoms with van der Waals surface area (Å²) in [6.07, 6.45) is 0. The van der Waals surface area contributed by atoms with E-state index in [1.807, 2.05) is 20.8 Å². The molecule has 0 radical (unpaired) electrons. The summed E-state index contributed by atoms with van der Waals surface area (Å²) in [5, 5.41) is 9.43. The number of rotatable bonds is 1. The predicted octanol–water partition coefficient (Wildman–Crippen LogP) is 2.95. The van der Waals surface area contributed by atoms with Crippen LogP contribution in [0.25, 0.3) is 0 Å². The molecule has 0 aliphatic heterocycles. The summed E-state index contributed by atoms with van der Waals surface area (Å²) in [5.74, 6) is 0.0151. The summed E-state index contributed by atoms with van der Waals surface area (Å²) >= 11 is 4.61. The van der Waals surface area contributed by atoms with Gasteiger partial charge in [-0.15, -0.1) is 0 Å². The minimum Gasteiger partial charge on any atom is -0.611 e. The average Bonchev–Trinajstić information content (AvgIpc) is 2.07. The molecule has 0 spiro atoms. The monoisotopic (exact) mass is 232 g/mol. The van der Waals surface area contributed by atoms with E-state index in [0.717, 1.165) is 0 Å². The highest BCUT2D eigenvalue weighted by atomic mass is 35.5. The molecule has 78 valence electrons. The quantitative estimate of drug-likeness (QED) is 0.757. The Morgan fingerprint density at radius 2 is 1.93 bits per heavy atom. The molecule has 1 rings (SSSR count). The SMILES string of the molecule is CC(C)(C)[S+]([O-])c1ccc(O)c(Cl)c1. The number of benzene rings is 1. The molecule has 0 fully saturated rings. The highest BCUT2D eigenvalue weighted by Gasteiger charge is 2.28. The Balaban J connectivity index is 3.03. The van der Waals surface area contributed by atoms with Crippen LogP contribution in [0.5, 0.6) is 5.75 Å². The van der Waals surface area contributed by atoms with Gasteiger partial charge in [0.15, 0.2) is 4.90 Å². The zero-order chi connectivity index (χ0) is 10.9. The fraction of sp³-hybridized carbons (Fsp3) is 0.400. The van der Waals surface area contributed by atoms with Gasteiger partial charge in [0.05, 0.1) is 5.02 Å². The number of phenolic OH excluding ortho intramolecular Hbond substituents is 1. The smallest absolute Gasteiger partial charge is 0.154 e. The highest BCUT2D eigenvalue weighted by molar-refractivity contribution is 7.92. The lowest BCUT2D eigenvalue weighted by atomic mass is 10.3. The molecule has 1 unspecified atom stereocenters. The van der Waals surface area contributed by atoms with Crippen LogP contribution in [0.3, 0.4) is 0 Å². The normalized spacial score (nSPS) is 14.1. The fourth-order valence-corrected chi connectivity index (χ4v) is 2.33. The molecule has 1 N–H and O–H groups in total. The Kier molecular flexibility index (Phi) is 3.35. The molecule has 0 bridgehead atoms. The van der Waals surface area contributed by atoms with E-state index in [-0.39, 0.29) is 15.5 Å². The average molecular weight is 233 g/mol. The third-order valence-electron chi connectivity index (χ3n) is 1.69. The van der Waals surface area contributed by atoms with Gasteiger partial charge in [0.25, 0.3) is 0 Å². The summed E-state index contributed by atoms with van der Waals surface area (Å²) in [7, 11) is 0. The van der Waals surface area contributed by atoms with Crippen molar-refractivity contribution in [3.8, 4) is 5.75 Å². The van der Waals surface area contributed by atoms with Crippen molar-refractivity contribution in [1.29, 1.82) is 0 Å². The molecule has 0 aliphatic carbocycles. The molecule has 0 saturated carbocycles. The van der Waals surface area contributed by atoms with Gasteiger partial charge in [-0.2, -0.15) is 0 Å². The van der Waals surface area contributed by atoms with Gasteiger partial charge in [0.1, 0.15) is 10.5 Å².